The lowest BCUT2D eigenvalue weighted by Crippen LogP contribution is -2.14. The first-order valence-corrected chi connectivity index (χ1v) is 7.42. The molecule has 0 aliphatic carbocycles. The van der Waals surface area contributed by atoms with Crippen molar-refractivity contribution in [1.29, 1.82) is 0 Å². The molecule has 112 valence electrons. The van der Waals surface area contributed by atoms with Gasteiger partial charge in [-0.15, -0.1) is 0 Å². The van der Waals surface area contributed by atoms with Crippen LogP contribution in [0.4, 0.5) is 0 Å². The van der Waals surface area contributed by atoms with Crippen molar-refractivity contribution in [2.75, 3.05) is 13.2 Å². The summed E-state index contributed by atoms with van der Waals surface area (Å²) < 4.78 is 5.50. The van der Waals surface area contributed by atoms with Gasteiger partial charge in [0.2, 0.25) is 0 Å². The average Bonchev–Trinajstić information content (AvgIpc) is 2.48. The van der Waals surface area contributed by atoms with E-state index >= 15 is 0 Å². The molecule has 0 fully saturated rings. The van der Waals surface area contributed by atoms with E-state index in [-0.39, 0.29) is 6.61 Å². The van der Waals surface area contributed by atoms with Gasteiger partial charge in [-0.2, -0.15) is 0 Å². The van der Waals surface area contributed by atoms with E-state index < -0.39 is 0 Å². The van der Waals surface area contributed by atoms with Crippen LogP contribution in [0, 0.1) is 0 Å². The van der Waals surface area contributed by atoms with Crippen LogP contribution in [0.3, 0.4) is 0 Å². The number of hydrogen-bond donors (Lipinski definition) is 2. The second kappa shape index (κ2) is 8.25. The molecule has 0 heterocycles. The van der Waals surface area contributed by atoms with Crippen LogP contribution < -0.4 is 10.1 Å². The Kier molecular flexibility index (Phi) is 6.33. The number of hydrogen-bond acceptors (Lipinski definition) is 3. The highest BCUT2D eigenvalue weighted by Crippen LogP contribution is 2.21. The number of ether oxygens (including phenoxy) is 1. The Morgan fingerprint density at radius 1 is 1.00 bits per heavy atom. The smallest absolute Gasteiger partial charge is 0.123 e. The number of aliphatic hydroxyl groups excluding tert-OH is 1. The first kappa shape index (κ1) is 16.1. The van der Waals surface area contributed by atoms with Crippen molar-refractivity contribution in [2.24, 2.45) is 0 Å². The van der Waals surface area contributed by atoms with E-state index in [1.165, 1.54) is 0 Å². The van der Waals surface area contributed by atoms with Crippen molar-refractivity contribution in [3.05, 3.63) is 63.6 Å². The van der Waals surface area contributed by atoms with Gasteiger partial charge in [-0.25, -0.2) is 0 Å². The van der Waals surface area contributed by atoms with Crippen LogP contribution in [-0.2, 0) is 13.1 Å². The first-order chi connectivity index (χ1) is 10.2. The molecule has 0 aliphatic heterocycles. The Balaban J connectivity index is 1.94. The summed E-state index contributed by atoms with van der Waals surface area (Å²) in [5.74, 6) is 0.779. The molecule has 0 aliphatic rings. The minimum atomic E-state index is 0.00213. The monoisotopic (exact) mass is 325 g/mol. The predicted molar refractivity (Wildman–Crippen MR) is 86.0 cm³/mol. The maximum Gasteiger partial charge on any atom is 0.123 e. The summed E-state index contributed by atoms with van der Waals surface area (Å²) in [4.78, 5) is 0. The van der Waals surface area contributed by atoms with Crippen LogP contribution in [0.5, 0.6) is 5.75 Å². The van der Waals surface area contributed by atoms with E-state index in [2.05, 4.69) is 5.32 Å². The third kappa shape index (κ3) is 4.90. The zero-order valence-corrected chi connectivity index (χ0v) is 13.0. The molecule has 3 nitrogen and oxygen atoms in total. The molecule has 5 heteroatoms. The molecule has 0 spiro atoms. The highest BCUT2D eigenvalue weighted by Gasteiger charge is 2.04. The molecule has 0 amide bonds. The van der Waals surface area contributed by atoms with Gasteiger partial charge in [0.15, 0.2) is 0 Å². The fraction of sp³-hybridized carbons (Fsp3) is 0.250. The molecule has 0 bridgehead atoms. The average molecular weight is 326 g/mol. The molecule has 21 heavy (non-hydrogen) atoms. The standard InChI is InChI=1S/C16H17Cl2NO2/c17-14-6-5-12(15(18)9-14)10-19-11-13-3-1-2-4-16(13)21-8-7-20/h1-6,9,19-20H,7-8,10-11H2. The topological polar surface area (TPSA) is 41.5 Å². The van der Waals surface area contributed by atoms with Crippen molar-refractivity contribution < 1.29 is 9.84 Å². The summed E-state index contributed by atoms with van der Waals surface area (Å²) >= 11 is 12.0. The Morgan fingerprint density at radius 3 is 2.52 bits per heavy atom. The first-order valence-electron chi connectivity index (χ1n) is 6.67. The van der Waals surface area contributed by atoms with Crippen molar-refractivity contribution >= 4 is 23.2 Å². The minimum absolute atomic E-state index is 0.00213. The number of nitrogens with one attached hydrogen (secondary N) is 1. The van der Waals surface area contributed by atoms with Crippen LogP contribution in [0.1, 0.15) is 11.1 Å². The van der Waals surface area contributed by atoms with Gasteiger partial charge < -0.3 is 15.2 Å². The van der Waals surface area contributed by atoms with Gasteiger partial charge >= 0.3 is 0 Å². The van der Waals surface area contributed by atoms with Crippen LogP contribution in [0.2, 0.25) is 10.0 Å². The van der Waals surface area contributed by atoms with E-state index in [4.69, 9.17) is 33.0 Å². The van der Waals surface area contributed by atoms with Gasteiger partial charge in [0, 0.05) is 28.7 Å². The molecule has 2 rings (SSSR count). The maximum absolute atomic E-state index is 8.83. The van der Waals surface area contributed by atoms with Crippen molar-refractivity contribution in [1.82, 2.24) is 5.32 Å². The van der Waals surface area contributed by atoms with Crippen LogP contribution >= 0.6 is 23.2 Å². The number of halogens is 2. The van der Waals surface area contributed by atoms with Gasteiger partial charge in [-0.3, -0.25) is 0 Å². The summed E-state index contributed by atoms with van der Waals surface area (Å²) in [6, 6.07) is 13.2. The van der Waals surface area contributed by atoms with E-state index in [0.717, 1.165) is 16.9 Å². The second-order valence-electron chi connectivity index (χ2n) is 4.52. The molecular weight excluding hydrogens is 309 g/mol. The lowest BCUT2D eigenvalue weighted by Gasteiger charge is -2.12. The van der Waals surface area contributed by atoms with Gasteiger partial charge in [-0.1, -0.05) is 47.5 Å². The Bertz CT molecular complexity index is 590. The lowest BCUT2D eigenvalue weighted by atomic mass is 10.2. The van der Waals surface area contributed by atoms with Gasteiger partial charge in [0.1, 0.15) is 12.4 Å². The lowest BCUT2D eigenvalue weighted by molar-refractivity contribution is 0.200. The van der Waals surface area contributed by atoms with Crippen molar-refractivity contribution in [2.45, 2.75) is 13.1 Å². The summed E-state index contributed by atoms with van der Waals surface area (Å²) in [6.07, 6.45) is 0. The Hall–Kier alpha value is -1.26. The third-order valence-corrected chi connectivity index (χ3v) is 3.55. The number of aliphatic hydroxyl groups is 1. The highest BCUT2D eigenvalue weighted by atomic mass is 35.5. The molecule has 2 N–H and O–H groups in total. The Labute approximate surface area is 134 Å². The number of para-hydroxylation sites is 1. The molecule has 0 radical (unpaired) electrons. The summed E-state index contributed by atoms with van der Waals surface area (Å²) in [5.41, 5.74) is 2.03. The predicted octanol–water partition coefficient (Wildman–Crippen LogP) is 3.65. The fourth-order valence-corrected chi connectivity index (χ4v) is 2.42. The highest BCUT2D eigenvalue weighted by molar-refractivity contribution is 6.35. The summed E-state index contributed by atoms with van der Waals surface area (Å²) in [7, 11) is 0. The molecule has 2 aromatic rings. The van der Waals surface area contributed by atoms with Crippen LogP contribution in [0.15, 0.2) is 42.5 Å². The quantitative estimate of drug-likeness (QED) is 0.816. The number of benzene rings is 2. The van der Waals surface area contributed by atoms with E-state index in [1.54, 1.807) is 6.07 Å². The largest absolute Gasteiger partial charge is 0.491 e. The molecule has 0 atom stereocenters. The zero-order valence-electron chi connectivity index (χ0n) is 11.5. The SMILES string of the molecule is OCCOc1ccccc1CNCc1ccc(Cl)cc1Cl. The summed E-state index contributed by atoms with van der Waals surface area (Å²) in [6.45, 7) is 1.59. The van der Waals surface area contributed by atoms with Gasteiger partial charge in [0.25, 0.3) is 0 Å². The summed E-state index contributed by atoms with van der Waals surface area (Å²) in [5, 5.41) is 13.4. The third-order valence-electron chi connectivity index (χ3n) is 2.97. The molecular formula is C16H17Cl2NO2. The molecule has 0 unspecified atom stereocenters. The van der Waals surface area contributed by atoms with Gasteiger partial charge in [0.05, 0.1) is 6.61 Å². The molecule has 2 aromatic carbocycles. The fourth-order valence-electron chi connectivity index (χ4n) is 1.94. The molecule has 0 saturated carbocycles. The Morgan fingerprint density at radius 2 is 1.76 bits per heavy atom. The van der Waals surface area contributed by atoms with Gasteiger partial charge in [-0.05, 0) is 23.8 Å². The van der Waals surface area contributed by atoms with Crippen molar-refractivity contribution in [3.63, 3.8) is 0 Å². The van der Waals surface area contributed by atoms with E-state index in [9.17, 15) is 0 Å². The molecule has 0 saturated heterocycles. The maximum atomic E-state index is 8.83. The van der Waals surface area contributed by atoms with E-state index in [0.29, 0.717) is 29.7 Å². The minimum Gasteiger partial charge on any atom is -0.491 e. The van der Waals surface area contributed by atoms with Crippen LogP contribution in [-0.4, -0.2) is 18.3 Å². The normalized spacial score (nSPS) is 10.6. The molecule has 0 aromatic heterocycles. The second-order valence-corrected chi connectivity index (χ2v) is 5.36. The van der Waals surface area contributed by atoms with Crippen LogP contribution in [0.25, 0.3) is 0 Å². The number of rotatable bonds is 7. The van der Waals surface area contributed by atoms with Crippen molar-refractivity contribution in [3.8, 4) is 5.75 Å². The van der Waals surface area contributed by atoms with E-state index in [1.807, 2.05) is 36.4 Å². The zero-order chi connectivity index (χ0) is 15.1.